The lowest BCUT2D eigenvalue weighted by molar-refractivity contribution is -0.384. The quantitative estimate of drug-likeness (QED) is 0.207. The Morgan fingerprint density at radius 1 is 0.850 bits per heavy atom. The van der Waals surface area contributed by atoms with Crippen molar-refractivity contribution in [1.82, 2.24) is 19.2 Å². The fourth-order valence-corrected chi connectivity index (χ4v) is 5.14. The number of non-ortho nitro benzene ring substituents is 1. The zero-order valence-electron chi connectivity index (χ0n) is 21.6. The number of aromatic nitrogens is 2. The van der Waals surface area contributed by atoms with E-state index in [1.165, 1.54) is 30.3 Å². The van der Waals surface area contributed by atoms with Crippen LogP contribution in [0.5, 0.6) is 0 Å². The summed E-state index contributed by atoms with van der Waals surface area (Å²) in [4.78, 5) is 32.9. The maximum atomic E-state index is 13.3. The molecule has 1 fully saturated rings. The topological polar surface area (TPSA) is 84.0 Å². The number of halogens is 1. The Morgan fingerprint density at radius 3 is 2.30 bits per heavy atom. The summed E-state index contributed by atoms with van der Waals surface area (Å²) in [7, 11) is 0. The molecule has 3 heterocycles. The number of fused-ring (bicyclic) bond motifs is 1. The fourth-order valence-electron chi connectivity index (χ4n) is 5.14. The van der Waals surface area contributed by atoms with Crippen LogP contribution in [0.25, 0.3) is 28.0 Å². The summed E-state index contributed by atoms with van der Waals surface area (Å²) in [5.74, 6) is -0.483. The van der Waals surface area contributed by atoms with Gasteiger partial charge < -0.3 is 9.30 Å². The van der Waals surface area contributed by atoms with E-state index in [4.69, 9.17) is 4.98 Å². The van der Waals surface area contributed by atoms with Crippen molar-refractivity contribution in [3.05, 3.63) is 124 Å². The van der Waals surface area contributed by atoms with Gasteiger partial charge in [0.2, 0.25) is 0 Å². The lowest BCUT2D eigenvalue weighted by Crippen LogP contribution is -2.48. The Balaban J connectivity index is 1.31. The van der Waals surface area contributed by atoms with Gasteiger partial charge in [0.25, 0.3) is 11.6 Å². The number of carbonyl (C=O) groups is 1. The Hall–Kier alpha value is -4.89. The van der Waals surface area contributed by atoms with Gasteiger partial charge in [-0.1, -0.05) is 42.5 Å². The molecule has 1 amide bonds. The Bertz CT molecular complexity index is 1690. The van der Waals surface area contributed by atoms with Gasteiger partial charge in [-0.25, -0.2) is 9.37 Å². The number of carbonyl (C=O) groups excluding carboxylic acids is 1. The highest BCUT2D eigenvalue weighted by atomic mass is 19.1. The minimum absolute atomic E-state index is 0.0124. The first kappa shape index (κ1) is 25.4. The zero-order chi connectivity index (χ0) is 27.6. The van der Waals surface area contributed by atoms with E-state index >= 15 is 0 Å². The van der Waals surface area contributed by atoms with Gasteiger partial charge in [-0.3, -0.25) is 19.8 Å². The van der Waals surface area contributed by atoms with Gasteiger partial charge in [-0.15, -0.1) is 0 Å². The lowest BCUT2D eigenvalue weighted by Gasteiger charge is -2.34. The predicted octanol–water partition coefficient (Wildman–Crippen LogP) is 5.67. The molecule has 0 radical (unpaired) electrons. The number of amides is 1. The summed E-state index contributed by atoms with van der Waals surface area (Å²) in [6.07, 6.45) is 2.06. The third-order valence-corrected chi connectivity index (χ3v) is 7.28. The van der Waals surface area contributed by atoms with Crippen LogP contribution >= 0.6 is 0 Å². The number of pyridine rings is 1. The van der Waals surface area contributed by atoms with E-state index in [9.17, 15) is 19.3 Å². The number of imidazole rings is 1. The Morgan fingerprint density at radius 2 is 1.57 bits per heavy atom. The molecule has 0 atom stereocenters. The second-order valence-corrected chi connectivity index (χ2v) is 9.80. The van der Waals surface area contributed by atoms with Crippen molar-refractivity contribution in [2.75, 3.05) is 26.2 Å². The molecule has 0 unspecified atom stereocenters. The normalized spacial score (nSPS) is 14.0. The highest BCUT2D eigenvalue weighted by Crippen LogP contribution is 2.30. The second kappa shape index (κ2) is 10.7. The molecule has 1 aliphatic rings. The van der Waals surface area contributed by atoms with Crippen LogP contribution in [0.1, 0.15) is 16.1 Å². The zero-order valence-corrected chi connectivity index (χ0v) is 21.6. The van der Waals surface area contributed by atoms with Crippen LogP contribution < -0.4 is 0 Å². The summed E-state index contributed by atoms with van der Waals surface area (Å²) in [5.41, 5.74) is 5.64. The summed E-state index contributed by atoms with van der Waals surface area (Å²) in [6.45, 7) is 2.92. The Labute approximate surface area is 230 Å². The van der Waals surface area contributed by atoms with Crippen LogP contribution in [-0.4, -0.2) is 56.2 Å². The average Bonchev–Trinajstić information content (AvgIpc) is 3.35. The van der Waals surface area contributed by atoms with Crippen molar-refractivity contribution in [1.29, 1.82) is 0 Å². The molecular formula is C31H26FN5O3. The third-order valence-electron chi connectivity index (χ3n) is 7.28. The standard InChI is InChI=1S/C31H26FN5O3/c32-26-12-9-23(10-13-26)31(38)35-17-15-34(16-18-35)21-28-30(24-7-4-8-27(19-24)37(39)40)33-29-14-11-25(20-36(28)29)22-5-2-1-3-6-22/h1-14,19-20H,15-18,21H2. The van der Waals surface area contributed by atoms with Crippen LogP contribution in [-0.2, 0) is 6.54 Å². The van der Waals surface area contributed by atoms with Crippen molar-refractivity contribution < 1.29 is 14.1 Å². The van der Waals surface area contributed by atoms with E-state index in [2.05, 4.69) is 27.6 Å². The Kier molecular flexibility index (Phi) is 6.79. The first-order chi connectivity index (χ1) is 19.5. The van der Waals surface area contributed by atoms with Gasteiger partial charge in [-0.05, 0) is 47.5 Å². The van der Waals surface area contributed by atoms with Crippen molar-refractivity contribution in [2.45, 2.75) is 6.54 Å². The largest absolute Gasteiger partial charge is 0.336 e. The minimum Gasteiger partial charge on any atom is -0.336 e. The highest BCUT2D eigenvalue weighted by molar-refractivity contribution is 5.94. The van der Waals surface area contributed by atoms with Gasteiger partial charge in [0, 0.05) is 62.2 Å². The predicted molar refractivity (Wildman–Crippen MR) is 150 cm³/mol. The van der Waals surface area contributed by atoms with E-state index < -0.39 is 4.92 Å². The van der Waals surface area contributed by atoms with E-state index in [-0.39, 0.29) is 17.4 Å². The number of benzene rings is 3. The van der Waals surface area contributed by atoms with Crippen LogP contribution in [0, 0.1) is 15.9 Å². The number of nitro groups is 1. The average molecular weight is 536 g/mol. The summed E-state index contributed by atoms with van der Waals surface area (Å²) in [5, 5.41) is 11.5. The number of piperazine rings is 1. The van der Waals surface area contributed by atoms with Gasteiger partial charge in [0.15, 0.2) is 0 Å². The molecule has 0 aliphatic carbocycles. The number of hydrogen-bond donors (Lipinski definition) is 0. The van der Waals surface area contributed by atoms with Gasteiger partial charge in [0.05, 0.1) is 16.3 Å². The third kappa shape index (κ3) is 5.06. The van der Waals surface area contributed by atoms with Crippen molar-refractivity contribution in [3.63, 3.8) is 0 Å². The highest BCUT2D eigenvalue weighted by Gasteiger charge is 2.25. The molecule has 0 N–H and O–H groups in total. The molecule has 3 aromatic carbocycles. The molecule has 6 rings (SSSR count). The number of hydrogen-bond acceptors (Lipinski definition) is 5. The number of nitro benzene ring substituents is 1. The molecule has 0 spiro atoms. The maximum absolute atomic E-state index is 13.3. The maximum Gasteiger partial charge on any atom is 0.270 e. The molecule has 200 valence electrons. The first-order valence-corrected chi connectivity index (χ1v) is 13.0. The molecule has 1 saturated heterocycles. The molecule has 2 aromatic heterocycles. The SMILES string of the molecule is O=C(c1ccc(F)cc1)N1CCN(Cc2c(-c3cccc([N+](=O)[O-])c3)nc3ccc(-c4ccccc4)cn23)CC1. The smallest absolute Gasteiger partial charge is 0.270 e. The minimum atomic E-state index is -0.399. The summed E-state index contributed by atoms with van der Waals surface area (Å²) in [6, 6.07) is 26.2. The van der Waals surface area contributed by atoms with Gasteiger partial charge in [0.1, 0.15) is 11.5 Å². The summed E-state index contributed by atoms with van der Waals surface area (Å²) >= 11 is 0. The van der Waals surface area contributed by atoms with Crippen molar-refractivity contribution in [2.24, 2.45) is 0 Å². The number of nitrogens with zero attached hydrogens (tertiary/aromatic N) is 5. The van der Waals surface area contributed by atoms with E-state index in [1.54, 1.807) is 17.0 Å². The van der Waals surface area contributed by atoms with Crippen LogP contribution in [0.15, 0.2) is 97.2 Å². The number of rotatable bonds is 6. The molecule has 9 heteroatoms. The van der Waals surface area contributed by atoms with Crippen LogP contribution in [0.2, 0.25) is 0 Å². The molecule has 1 aliphatic heterocycles. The molecule has 0 bridgehead atoms. The molecular weight excluding hydrogens is 509 g/mol. The van der Waals surface area contributed by atoms with Crippen LogP contribution in [0.4, 0.5) is 10.1 Å². The molecule has 0 saturated carbocycles. The van der Waals surface area contributed by atoms with E-state index in [0.29, 0.717) is 49.5 Å². The van der Waals surface area contributed by atoms with E-state index in [1.807, 2.05) is 36.4 Å². The lowest BCUT2D eigenvalue weighted by atomic mass is 10.1. The van der Waals surface area contributed by atoms with Crippen molar-refractivity contribution >= 4 is 17.2 Å². The van der Waals surface area contributed by atoms with E-state index in [0.717, 1.165) is 22.5 Å². The molecule has 8 nitrogen and oxygen atoms in total. The van der Waals surface area contributed by atoms with Gasteiger partial charge >= 0.3 is 0 Å². The second-order valence-electron chi connectivity index (χ2n) is 9.80. The molecule has 5 aromatic rings. The van der Waals surface area contributed by atoms with Gasteiger partial charge in [-0.2, -0.15) is 0 Å². The van der Waals surface area contributed by atoms with Crippen LogP contribution in [0.3, 0.4) is 0 Å². The first-order valence-electron chi connectivity index (χ1n) is 13.0. The monoisotopic (exact) mass is 535 g/mol. The summed E-state index contributed by atoms with van der Waals surface area (Å²) < 4.78 is 15.4. The van der Waals surface area contributed by atoms with Crippen molar-refractivity contribution in [3.8, 4) is 22.4 Å². The fraction of sp³-hybridized carbons (Fsp3) is 0.161. The molecule has 40 heavy (non-hydrogen) atoms.